The lowest BCUT2D eigenvalue weighted by atomic mass is 9.98. The quantitative estimate of drug-likeness (QED) is 0.865. The summed E-state index contributed by atoms with van der Waals surface area (Å²) < 4.78 is 5.38. The third kappa shape index (κ3) is 3.05. The summed E-state index contributed by atoms with van der Waals surface area (Å²) in [4.78, 5) is 1.74. The summed E-state index contributed by atoms with van der Waals surface area (Å²) in [7, 11) is 1.75. The van der Waals surface area contributed by atoms with Crippen molar-refractivity contribution < 1.29 is 9.64 Å². The number of hydrogen-bond acceptors (Lipinski definition) is 1. The van der Waals surface area contributed by atoms with E-state index in [2.05, 4.69) is 32.9 Å². The third-order valence-corrected chi connectivity index (χ3v) is 4.16. The summed E-state index contributed by atoms with van der Waals surface area (Å²) in [5.74, 6) is 1.90. The summed E-state index contributed by atoms with van der Waals surface area (Å²) in [6, 6.07) is 4.48. The molecule has 2 rings (SSSR count). The summed E-state index contributed by atoms with van der Waals surface area (Å²) in [5.41, 5.74) is 4.10. The number of rotatable bonds is 3. The molecule has 1 heterocycles. The van der Waals surface area contributed by atoms with Crippen molar-refractivity contribution >= 4 is 0 Å². The fourth-order valence-electron chi connectivity index (χ4n) is 3.09. The number of likely N-dealkylation sites (tertiary alicyclic amines) is 1. The van der Waals surface area contributed by atoms with E-state index < -0.39 is 0 Å². The Balaban J connectivity index is 2.11. The van der Waals surface area contributed by atoms with E-state index in [-0.39, 0.29) is 0 Å². The van der Waals surface area contributed by atoms with Crippen LogP contribution in [0.25, 0.3) is 0 Å². The molecule has 0 spiro atoms. The van der Waals surface area contributed by atoms with Crippen molar-refractivity contribution in [2.75, 3.05) is 20.2 Å². The number of quaternary nitrogens is 1. The molecule has 0 aromatic heterocycles. The summed E-state index contributed by atoms with van der Waals surface area (Å²) in [6.45, 7) is 10.5. The van der Waals surface area contributed by atoms with Crippen LogP contribution >= 0.6 is 0 Å². The van der Waals surface area contributed by atoms with Crippen LogP contribution in [0.4, 0.5) is 0 Å². The van der Waals surface area contributed by atoms with Gasteiger partial charge in [0.05, 0.1) is 20.2 Å². The minimum Gasteiger partial charge on any atom is -0.496 e. The molecule has 2 heteroatoms. The zero-order valence-electron chi connectivity index (χ0n) is 12.2. The molecule has 1 aromatic carbocycles. The molecule has 1 aromatic rings. The zero-order chi connectivity index (χ0) is 13.1. The first-order chi connectivity index (χ1) is 8.60. The van der Waals surface area contributed by atoms with Crippen molar-refractivity contribution in [1.82, 2.24) is 0 Å². The third-order valence-electron chi connectivity index (χ3n) is 4.16. The minimum absolute atomic E-state index is 0.883. The van der Waals surface area contributed by atoms with Crippen molar-refractivity contribution in [3.05, 3.63) is 28.8 Å². The Labute approximate surface area is 111 Å². The van der Waals surface area contributed by atoms with Gasteiger partial charge in [-0.05, 0) is 49.9 Å². The van der Waals surface area contributed by atoms with E-state index >= 15 is 0 Å². The Hall–Kier alpha value is -1.02. The highest BCUT2D eigenvalue weighted by Crippen LogP contribution is 2.22. The molecule has 0 amide bonds. The molecule has 1 N–H and O–H groups in total. The number of nitrogens with one attached hydrogen (secondary N) is 1. The molecular weight excluding hydrogens is 222 g/mol. The van der Waals surface area contributed by atoms with Crippen molar-refractivity contribution in [2.24, 2.45) is 5.92 Å². The Morgan fingerprint density at radius 1 is 1.28 bits per heavy atom. The topological polar surface area (TPSA) is 13.7 Å². The van der Waals surface area contributed by atoms with Gasteiger partial charge in [-0.1, -0.05) is 6.92 Å². The SMILES string of the molecule is COc1cc(C)c(C[NH+]2CCC[C@H](C)C2)cc1C. The zero-order valence-corrected chi connectivity index (χ0v) is 12.2. The molecule has 2 atom stereocenters. The molecule has 1 unspecified atom stereocenters. The molecule has 100 valence electrons. The average molecular weight is 248 g/mol. The van der Waals surface area contributed by atoms with Crippen LogP contribution in [-0.4, -0.2) is 20.2 Å². The standard InChI is InChI=1S/C16H25NO/c1-12-6-5-7-17(10-12)11-15-8-14(3)16(18-4)9-13(15)2/h8-9,12H,5-7,10-11H2,1-4H3/p+1/t12-/m0/s1. The van der Waals surface area contributed by atoms with Gasteiger partial charge in [-0.3, -0.25) is 0 Å². The van der Waals surface area contributed by atoms with Crippen LogP contribution in [0.1, 0.15) is 36.5 Å². The smallest absolute Gasteiger partial charge is 0.122 e. The number of benzene rings is 1. The maximum Gasteiger partial charge on any atom is 0.122 e. The predicted octanol–water partition coefficient (Wildman–Crippen LogP) is 2.13. The Bertz CT molecular complexity index is 414. The first-order valence-electron chi connectivity index (χ1n) is 7.08. The number of methoxy groups -OCH3 is 1. The largest absolute Gasteiger partial charge is 0.496 e. The van der Waals surface area contributed by atoms with Gasteiger partial charge >= 0.3 is 0 Å². The summed E-state index contributed by atoms with van der Waals surface area (Å²) >= 11 is 0. The molecule has 0 radical (unpaired) electrons. The van der Waals surface area contributed by atoms with Crippen molar-refractivity contribution in [3.63, 3.8) is 0 Å². The number of ether oxygens (including phenoxy) is 1. The molecule has 1 aliphatic heterocycles. The van der Waals surface area contributed by atoms with Crippen LogP contribution in [-0.2, 0) is 6.54 Å². The maximum absolute atomic E-state index is 5.38. The highest BCUT2D eigenvalue weighted by atomic mass is 16.5. The Morgan fingerprint density at radius 3 is 2.72 bits per heavy atom. The van der Waals surface area contributed by atoms with E-state index in [4.69, 9.17) is 4.74 Å². The van der Waals surface area contributed by atoms with Gasteiger partial charge in [0.25, 0.3) is 0 Å². The molecule has 1 saturated heterocycles. The number of piperidine rings is 1. The normalized spacial score (nSPS) is 24.0. The molecule has 0 aliphatic carbocycles. The Morgan fingerprint density at radius 2 is 2.06 bits per heavy atom. The van der Waals surface area contributed by atoms with Crippen molar-refractivity contribution in [3.8, 4) is 5.75 Å². The van der Waals surface area contributed by atoms with Crippen LogP contribution in [0.3, 0.4) is 0 Å². The van der Waals surface area contributed by atoms with Crippen LogP contribution in [0.5, 0.6) is 5.75 Å². The fraction of sp³-hybridized carbons (Fsp3) is 0.625. The van der Waals surface area contributed by atoms with E-state index in [9.17, 15) is 0 Å². The molecule has 0 bridgehead atoms. The van der Waals surface area contributed by atoms with Gasteiger partial charge < -0.3 is 9.64 Å². The van der Waals surface area contributed by atoms with E-state index in [1.165, 1.54) is 49.2 Å². The molecule has 2 nitrogen and oxygen atoms in total. The van der Waals surface area contributed by atoms with E-state index in [1.54, 1.807) is 12.0 Å². The van der Waals surface area contributed by atoms with Crippen LogP contribution in [0.15, 0.2) is 12.1 Å². The molecular formula is C16H26NO+. The predicted molar refractivity (Wildman–Crippen MR) is 75.3 cm³/mol. The van der Waals surface area contributed by atoms with Gasteiger partial charge in [-0.2, -0.15) is 0 Å². The minimum atomic E-state index is 0.883. The highest BCUT2D eigenvalue weighted by molar-refractivity contribution is 5.41. The maximum atomic E-state index is 5.38. The number of aryl methyl sites for hydroxylation is 2. The van der Waals surface area contributed by atoms with Crippen LogP contribution in [0.2, 0.25) is 0 Å². The first-order valence-corrected chi connectivity index (χ1v) is 7.08. The van der Waals surface area contributed by atoms with Gasteiger partial charge in [0.15, 0.2) is 0 Å². The van der Waals surface area contributed by atoms with Crippen LogP contribution in [0, 0.1) is 19.8 Å². The van der Waals surface area contributed by atoms with E-state index in [0.717, 1.165) is 11.7 Å². The fourth-order valence-corrected chi connectivity index (χ4v) is 3.09. The average Bonchev–Trinajstić information content (AvgIpc) is 2.33. The second-order valence-corrected chi connectivity index (χ2v) is 5.88. The van der Waals surface area contributed by atoms with Gasteiger partial charge in [0, 0.05) is 11.5 Å². The van der Waals surface area contributed by atoms with Crippen molar-refractivity contribution in [2.45, 2.75) is 40.2 Å². The molecule has 18 heavy (non-hydrogen) atoms. The molecule has 0 saturated carbocycles. The molecule has 1 aliphatic rings. The van der Waals surface area contributed by atoms with Gasteiger partial charge in [-0.15, -0.1) is 0 Å². The lowest BCUT2D eigenvalue weighted by Crippen LogP contribution is -3.12. The van der Waals surface area contributed by atoms with E-state index in [1.807, 2.05) is 0 Å². The summed E-state index contributed by atoms with van der Waals surface area (Å²) in [6.07, 6.45) is 2.79. The Kier molecular flexibility index (Phi) is 4.28. The first kappa shape index (κ1) is 13.4. The lowest BCUT2D eigenvalue weighted by Gasteiger charge is -2.28. The van der Waals surface area contributed by atoms with Gasteiger partial charge in [0.2, 0.25) is 0 Å². The van der Waals surface area contributed by atoms with Crippen LogP contribution < -0.4 is 9.64 Å². The second kappa shape index (κ2) is 5.75. The van der Waals surface area contributed by atoms with Gasteiger partial charge in [-0.25, -0.2) is 0 Å². The summed E-state index contributed by atoms with van der Waals surface area (Å²) in [5, 5.41) is 0. The van der Waals surface area contributed by atoms with E-state index in [0.29, 0.717) is 0 Å². The second-order valence-electron chi connectivity index (χ2n) is 5.88. The highest BCUT2D eigenvalue weighted by Gasteiger charge is 2.20. The van der Waals surface area contributed by atoms with Gasteiger partial charge in [0.1, 0.15) is 12.3 Å². The molecule has 1 fully saturated rings. The monoisotopic (exact) mass is 248 g/mol. The van der Waals surface area contributed by atoms with Crippen molar-refractivity contribution in [1.29, 1.82) is 0 Å². The number of hydrogen-bond donors (Lipinski definition) is 1. The lowest BCUT2D eigenvalue weighted by molar-refractivity contribution is -0.922.